The zero-order chi connectivity index (χ0) is 22.9. The summed E-state index contributed by atoms with van der Waals surface area (Å²) in [4.78, 5) is 4.42. The summed E-state index contributed by atoms with van der Waals surface area (Å²) in [5, 5.41) is 3.61. The SMILES string of the molecule is C=C(NC(C)c1ccc(C)nc1)C1CC1c1ccc(/C=C\C(C)CC2(C)COC2)c(C)c1. The van der Waals surface area contributed by atoms with Gasteiger partial charge in [0.25, 0.3) is 0 Å². The van der Waals surface area contributed by atoms with Crippen molar-refractivity contribution in [3.8, 4) is 0 Å². The molecule has 0 bridgehead atoms. The van der Waals surface area contributed by atoms with Gasteiger partial charge in [-0.2, -0.15) is 0 Å². The van der Waals surface area contributed by atoms with Crippen molar-refractivity contribution in [2.24, 2.45) is 17.3 Å². The van der Waals surface area contributed by atoms with E-state index in [0.29, 0.717) is 23.2 Å². The Bertz CT molecular complexity index is 987. The molecule has 2 fully saturated rings. The molecular weight excluding hydrogens is 392 g/mol. The topological polar surface area (TPSA) is 34.2 Å². The van der Waals surface area contributed by atoms with Crippen molar-refractivity contribution < 1.29 is 4.74 Å². The number of ether oxygens (including phenoxy) is 1. The second-order valence-corrected chi connectivity index (χ2v) is 10.5. The summed E-state index contributed by atoms with van der Waals surface area (Å²) in [6.45, 7) is 17.2. The minimum absolute atomic E-state index is 0.224. The highest BCUT2D eigenvalue weighted by atomic mass is 16.5. The van der Waals surface area contributed by atoms with Crippen LogP contribution >= 0.6 is 0 Å². The second-order valence-electron chi connectivity index (χ2n) is 10.5. The Hall–Kier alpha value is -2.39. The monoisotopic (exact) mass is 430 g/mol. The third-order valence-corrected chi connectivity index (χ3v) is 7.12. The first-order valence-corrected chi connectivity index (χ1v) is 12.0. The first-order valence-electron chi connectivity index (χ1n) is 12.0. The van der Waals surface area contributed by atoms with Gasteiger partial charge in [-0.3, -0.25) is 4.98 Å². The molecule has 0 radical (unpaired) electrons. The summed E-state index contributed by atoms with van der Waals surface area (Å²) in [6, 6.07) is 11.4. The van der Waals surface area contributed by atoms with E-state index in [1.807, 2.05) is 13.1 Å². The van der Waals surface area contributed by atoms with Crippen LogP contribution in [0.25, 0.3) is 6.08 Å². The fourth-order valence-electron chi connectivity index (χ4n) is 4.95. The van der Waals surface area contributed by atoms with E-state index >= 15 is 0 Å². The van der Waals surface area contributed by atoms with Gasteiger partial charge in [0.2, 0.25) is 0 Å². The standard InChI is InChI=1S/C29H38N2O/c1-19(15-29(6)17-32-18-29)7-9-24-11-12-25(13-20(24)2)28-14-27(28)23(5)31-22(4)26-10-8-21(3)30-16-26/h7-13,16,19,22,27-28,31H,5,14-15,17-18H2,1-4,6H3/b9-7-. The predicted octanol–water partition coefficient (Wildman–Crippen LogP) is 6.74. The third-order valence-electron chi connectivity index (χ3n) is 7.12. The average molecular weight is 431 g/mol. The Morgan fingerprint density at radius 2 is 2.03 bits per heavy atom. The van der Waals surface area contributed by atoms with Crippen LogP contribution < -0.4 is 5.32 Å². The number of aromatic nitrogens is 1. The van der Waals surface area contributed by atoms with Gasteiger partial charge in [-0.05, 0) is 73.8 Å². The van der Waals surface area contributed by atoms with E-state index < -0.39 is 0 Å². The molecule has 2 heterocycles. The van der Waals surface area contributed by atoms with Crippen molar-refractivity contribution in [1.29, 1.82) is 0 Å². The smallest absolute Gasteiger partial charge is 0.0542 e. The van der Waals surface area contributed by atoms with Crippen molar-refractivity contribution in [1.82, 2.24) is 10.3 Å². The van der Waals surface area contributed by atoms with Crippen molar-refractivity contribution in [2.75, 3.05) is 13.2 Å². The molecular formula is C29H38N2O. The normalized spacial score (nSPS) is 23.4. The summed E-state index contributed by atoms with van der Waals surface area (Å²) >= 11 is 0. The van der Waals surface area contributed by atoms with E-state index in [-0.39, 0.29) is 6.04 Å². The largest absolute Gasteiger partial charge is 0.382 e. The van der Waals surface area contributed by atoms with Gasteiger partial charge in [-0.1, -0.05) is 56.8 Å². The van der Waals surface area contributed by atoms with Crippen molar-refractivity contribution in [2.45, 2.75) is 59.4 Å². The average Bonchev–Trinajstić information content (AvgIpc) is 3.53. The maximum absolute atomic E-state index is 5.40. The summed E-state index contributed by atoms with van der Waals surface area (Å²) in [5.74, 6) is 1.66. The Morgan fingerprint density at radius 1 is 1.25 bits per heavy atom. The van der Waals surface area contributed by atoms with Gasteiger partial charge < -0.3 is 10.1 Å². The molecule has 3 heteroatoms. The number of aryl methyl sites for hydroxylation is 2. The van der Waals surface area contributed by atoms with Crippen molar-refractivity contribution in [3.05, 3.63) is 82.8 Å². The fourth-order valence-corrected chi connectivity index (χ4v) is 4.95. The Labute approximate surface area is 194 Å². The molecule has 4 rings (SSSR count). The van der Waals surface area contributed by atoms with E-state index in [0.717, 1.165) is 24.6 Å². The van der Waals surface area contributed by atoms with Crippen LogP contribution in [0, 0.1) is 31.1 Å². The Kier molecular flexibility index (Phi) is 6.57. The van der Waals surface area contributed by atoms with Crippen LogP contribution in [0.3, 0.4) is 0 Å². The van der Waals surface area contributed by atoms with Crippen LogP contribution in [0.2, 0.25) is 0 Å². The molecule has 4 unspecified atom stereocenters. The summed E-state index contributed by atoms with van der Waals surface area (Å²) in [5.41, 5.74) is 7.88. The molecule has 2 aliphatic rings. The molecule has 32 heavy (non-hydrogen) atoms. The summed E-state index contributed by atoms with van der Waals surface area (Å²) in [7, 11) is 0. The molecule has 0 spiro atoms. The van der Waals surface area contributed by atoms with E-state index in [2.05, 4.69) is 87.1 Å². The molecule has 1 saturated heterocycles. The van der Waals surface area contributed by atoms with Crippen LogP contribution in [0.4, 0.5) is 0 Å². The number of nitrogens with zero attached hydrogens (tertiary/aromatic N) is 1. The van der Waals surface area contributed by atoms with E-state index in [1.54, 1.807) is 0 Å². The zero-order valence-electron chi connectivity index (χ0n) is 20.3. The highest BCUT2D eigenvalue weighted by Crippen LogP contribution is 2.51. The van der Waals surface area contributed by atoms with Crippen LogP contribution in [0.5, 0.6) is 0 Å². The minimum atomic E-state index is 0.224. The lowest BCUT2D eigenvalue weighted by atomic mass is 9.80. The van der Waals surface area contributed by atoms with Crippen molar-refractivity contribution >= 4 is 6.08 Å². The number of benzene rings is 1. The lowest BCUT2D eigenvalue weighted by molar-refractivity contribution is -0.109. The van der Waals surface area contributed by atoms with Crippen molar-refractivity contribution in [3.63, 3.8) is 0 Å². The molecule has 1 aliphatic heterocycles. The van der Waals surface area contributed by atoms with Crippen LogP contribution in [-0.2, 0) is 4.74 Å². The number of hydrogen-bond acceptors (Lipinski definition) is 3. The Balaban J connectivity index is 1.32. The molecule has 2 aromatic rings. The molecule has 3 nitrogen and oxygen atoms in total. The number of rotatable bonds is 9. The molecule has 1 aromatic heterocycles. The lowest BCUT2D eigenvalue weighted by Gasteiger charge is -2.39. The Morgan fingerprint density at radius 3 is 2.66 bits per heavy atom. The number of pyridine rings is 1. The van der Waals surface area contributed by atoms with Gasteiger partial charge in [0, 0.05) is 35.0 Å². The zero-order valence-corrected chi connectivity index (χ0v) is 20.3. The quantitative estimate of drug-likeness (QED) is 0.478. The molecule has 1 saturated carbocycles. The first kappa shape index (κ1) is 22.8. The maximum atomic E-state index is 5.40. The predicted molar refractivity (Wildman–Crippen MR) is 133 cm³/mol. The van der Waals surface area contributed by atoms with Gasteiger partial charge in [0.15, 0.2) is 0 Å². The number of nitrogens with one attached hydrogen (secondary N) is 1. The molecule has 170 valence electrons. The maximum Gasteiger partial charge on any atom is 0.0542 e. The summed E-state index contributed by atoms with van der Waals surface area (Å²) in [6.07, 6.45) is 8.99. The van der Waals surface area contributed by atoms with Crippen LogP contribution in [-0.4, -0.2) is 18.2 Å². The van der Waals surface area contributed by atoms with E-state index in [4.69, 9.17) is 4.74 Å². The van der Waals surface area contributed by atoms with Crippen LogP contribution in [0.1, 0.15) is 73.5 Å². The summed E-state index contributed by atoms with van der Waals surface area (Å²) < 4.78 is 5.40. The van der Waals surface area contributed by atoms with Gasteiger partial charge >= 0.3 is 0 Å². The molecule has 0 amide bonds. The van der Waals surface area contributed by atoms with Gasteiger partial charge in [0.1, 0.15) is 0 Å². The van der Waals surface area contributed by atoms with Gasteiger partial charge in [-0.25, -0.2) is 0 Å². The molecule has 1 N–H and O–H groups in total. The number of hydrogen-bond donors (Lipinski definition) is 1. The highest BCUT2D eigenvalue weighted by molar-refractivity contribution is 5.55. The highest BCUT2D eigenvalue weighted by Gasteiger charge is 2.40. The molecule has 1 aromatic carbocycles. The lowest BCUT2D eigenvalue weighted by Crippen LogP contribution is -2.40. The van der Waals surface area contributed by atoms with E-state index in [9.17, 15) is 0 Å². The molecule has 1 aliphatic carbocycles. The second kappa shape index (κ2) is 9.23. The van der Waals surface area contributed by atoms with Gasteiger partial charge in [-0.15, -0.1) is 0 Å². The third kappa shape index (κ3) is 5.32. The van der Waals surface area contributed by atoms with E-state index in [1.165, 1.54) is 35.1 Å². The van der Waals surface area contributed by atoms with Gasteiger partial charge in [0.05, 0.1) is 13.2 Å². The van der Waals surface area contributed by atoms with Crippen LogP contribution in [0.15, 0.2) is 54.9 Å². The minimum Gasteiger partial charge on any atom is -0.382 e. The first-order chi connectivity index (χ1) is 15.2. The molecule has 4 atom stereocenters. The number of allylic oxidation sites excluding steroid dienone is 2. The fraction of sp³-hybridized carbons (Fsp3) is 0.483.